The van der Waals surface area contributed by atoms with Crippen LogP contribution >= 0.6 is 11.8 Å². The number of aryl methyl sites for hydroxylation is 1. The average Bonchev–Trinajstić information content (AvgIpc) is 3.60. The standard InChI is InChI=1S/C24H28N6O3S/c1-16-14-21(30-29-16)26-20-15-22(33-13-5-3-2-4-12-31)28-24(27-20)34-19-10-8-18(9-11-19)25-23(32)17-6-7-17/h8-12,14-15,17H,2-7,13H2,1H3,(H,25,32)(H2,26,27,28,29,30). The van der Waals surface area contributed by atoms with Gasteiger partial charge in [0.05, 0.1) is 6.61 Å². The Bertz CT molecular complexity index is 1110. The number of unbranched alkanes of at least 4 members (excludes halogenated alkanes) is 3. The number of ether oxygens (including phenoxy) is 1. The van der Waals surface area contributed by atoms with E-state index in [2.05, 4.69) is 30.8 Å². The fraction of sp³-hybridized carbons (Fsp3) is 0.375. The van der Waals surface area contributed by atoms with E-state index >= 15 is 0 Å². The van der Waals surface area contributed by atoms with Crippen molar-refractivity contribution in [3.8, 4) is 5.88 Å². The minimum absolute atomic E-state index is 0.0871. The van der Waals surface area contributed by atoms with E-state index < -0.39 is 0 Å². The van der Waals surface area contributed by atoms with Crippen molar-refractivity contribution >= 4 is 41.3 Å². The lowest BCUT2D eigenvalue weighted by atomic mass is 10.2. The maximum Gasteiger partial charge on any atom is 0.227 e. The molecule has 2 heterocycles. The van der Waals surface area contributed by atoms with Gasteiger partial charge in [0.2, 0.25) is 11.8 Å². The zero-order valence-corrected chi connectivity index (χ0v) is 19.9. The number of carbonyl (C=O) groups excluding carboxylic acids is 2. The molecule has 2 aromatic heterocycles. The maximum absolute atomic E-state index is 12.0. The van der Waals surface area contributed by atoms with Crippen LogP contribution in [0.1, 0.15) is 44.2 Å². The third-order valence-corrected chi connectivity index (χ3v) is 6.01. The monoisotopic (exact) mass is 480 g/mol. The molecule has 1 fully saturated rings. The summed E-state index contributed by atoms with van der Waals surface area (Å²) in [7, 11) is 0. The van der Waals surface area contributed by atoms with Crippen molar-refractivity contribution < 1.29 is 14.3 Å². The van der Waals surface area contributed by atoms with Crippen LogP contribution in [0.15, 0.2) is 46.5 Å². The summed E-state index contributed by atoms with van der Waals surface area (Å²) < 4.78 is 5.87. The second kappa shape index (κ2) is 11.6. The minimum Gasteiger partial charge on any atom is -0.478 e. The predicted octanol–water partition coefficient (Wildman–Crippen LogP) is 4.89. The van der Waals surface area contributed by atoms with Gasteiger partial charge in [-0.1, -0.05) is 0 Å². The molecule has 1 aliphatic rings. The molecule has 0 spiro atoms. The molecule has 1 aliphatic carbocycles. The number of nitrogens with one attached hydrogen (secondary N) is 3. The number of aldehydes is 1. The quantitative estimate of drug-likeness (QED) is 0.180. The van der Waals surface area contributed by atoms with Crippen LogP contribution in [-0.2, 0) is 9.59 Å². The molecule has 1 aromatic carbocycles. The van der Waals surface area contributed by atoms with Crippen molar-refractivity contribution in [1.29, 1.82) is 0 Å². The molecule has 0 bridgehead atoms. The van der Waals surface area contributed by atoms with Crippen LogP contribution in [0, 0.1) is 12.8 Å². The van der Waals surface area contributed by atoms with Crippen LogP contribution in [0.2, 0.25) is 0 Å². The van der Waals surface area contributed by atoms with E-state index in [1.54, 1.807) is 6.07 Å². The van der Waals surface area contributed by atoms with Gasteiger partial charge in [-0.15, -0.1) is 0 Å². The molecule has 34 heavy (non-hydrogen) atoms. The largest absolute Gasteiger partial charge is 0.478 e. The lowest BCUT2D eigenvalue weighted by Gasteiger charge is -2.10. The zero-order valence-electron chi connectivity index (χ0n) is 19.0. The van der Waals surface area contributed by atoms with Gasteiger partial charge < -0.3 is 20.2 Å². The maximum atomic E-state index is 12.0. The highest BCUT2D eigenvalue weighted by atomic mass is 32.2. The molecule has 1 saturated carbocycles. The first kappa shape index (κ1) is 23.7. The van der Waals surface area contributed by atoms with E-state index in [4.69, 9.17) is 4.74 Å². The number of H-pyrrole nitrogens is 1. The summed E-state index contributed by atoms with van der Waals surface area (Å²) in [4.78, 5) is 32.5. The van der Waals surface area contributed by atoms with Crippen molar-refractivity contribution in [2.24, 2.45) is 5.92 Å². The lowest BCUT2D eigenvalue weighted by molar-refractivity contribution is -0.117. The topological polar surface area (TPSA) is 122 Å². The highest BCUT2D eigenvalue weighted by Crippen LogP contribution is 2.32. The van der Waals surface area contributed by atoms with Gasteiger partial charge >= 0.3 is 0 Å². The molecule has 178 valence electrons. The van der Waals surface area contributed by atoms with Gasteiger partial charge in [0, 0.05) is 40.7 Å². The number of benzene rings is 1. The summed E-state index contributed by atoms with van der Waals surface area (Å²) in [6.45, 7) is 2.44. The van der Waals surface area contributed by atoms with E-state index in [1.807, 2.05) is 37.3 Å². The van der Waals surface area contributed by atoms with Crippen LogP contribution in [0.4, 0.5) is 17.3 Å². The average molecular weight is 481 g/mol. The number of hydrogen-bond donors (Lipinski definition) is 3. The summed E-state index contributed by atoms with van der Waals surface area (Å²) in [5.74, 6) is 1.95. The molecule has 10 heteroatoms. The third kappa shape index (κ3) is 7.31. The molecule has 0 atom stereocenters. The lowest BCUT2D eigenvalue weighted by Crippen LogP contribution is -2.12. The van der Waals surface area contributed by atoms with E-state index in [9.17, 15) is 9.59 Å². The Labute approximate surface area is 202 Å². The van der Waals surface area contributed by atoms with E-state index in [-0.39, 0.29) is 11.8 Å². The Morgan fingerprint density at radius 1 is 1.15 bits per heavy atom. The van der Waals surface area contributed by atoms with Crippen LogP contribution in [0.5, 0.6) is 5.88 Å². The van der Waals surface area contributed by atoms with Crippen molar-refractivity contribution in [2.45, 2.75) is 55.5 Å². The number of amides is 1. The number of carbonyl (C=O) groups is 2. The molecule has 0 aliphatic heterocycles. The first-order valence-corrected chi connectivity index (χ1v) is 12.2. The normalized spacial score (nSPS) is 12.9. The molecule has 3 N–H and O–H groups in total. The predicted molar refractivity (Wildman–Crippen MR) is 131 cm³/mol. The van der Waals surface area contributed by atoms with Crippen molar-refractivity contribution in [3.63, 3.8) is 0 Å². The van der Waals surface area contributed by atoms with Crippen LogP contribution in [0.3, 0.4) is 0 Å². The SMILES string of the molecule is Cc1cc(Nc2cc(OCCCCCC=O)nc(Sc3ccc(NC(=O)C4CC4)cc3)n2)n[nH]1. The van der Waals surface area contributed by atoms with E-state index in [0.29, 0.717) is 35.7 Å². The number of rotatable bonds is 13. The molecule has 0 saturated heterocycles. The van der Waals surface area contributed by atoms with Gasteiger partial charge in [-0.05, 0) is 75.1 Å². The third-order valence-electron chi connectivity index (χ3n) is 5.14. The first-order chi connectivity index (χ1) is 16.6. The van der Waals surface area contributed by atoms with Crippen molar-refractivity contribution in [3.05, 3.63) is 42.1 Å². The Morgan fingerprint density at radius 3 is 2.68 bits per heavy atom. The van der Waals surface area contributed by atoms with Gasteiger partial charge in [0.15, 0.2) is 11.0 Å². The van der Waals surface area contributed by atoms with Crippen LogP contribution in [0.25, 0.3) is 0 Å². The fourth-order valence-corrected chi connectivity index (χ4v) is 3.95. The number of aromatic nitrogens is 4. The molecule has 3 aromatic rings. The molecule has 4 rings (SSSR count). The Hall–Kier alpha value is -3.40. The molecule has 1 amide bonds. The van der Waals surface area contributed by atoms with Crippen LogP contribution in [-0.4, -0.2) is 39.0 Å². The summed E-state index contributed by atoms with van der Waals surface area (Å²) in [5, 5.41) is 13.8. The van der Waals surface area contributed by atoms with E-state index in [0.717, 1.165) is 54.7 Å². The summed E-state index contributed by atoms with van der Waals surface area (Å²) in [6, 6.07) is 11.3. The van der Waals surface area contributed by atoms with Crippen molar-refractivity contribution in [2.75, 3.05) is 17.2 Å². The highest BCUT2D eigenvalue weighted by molar-refractivity contribution is 7.99. The van der Waals surface area contributed by atoms with Gasteiger partial charge in [0.25, 0.3) is 0 Å². The Kier molecular flexibility index (Phi) is 8.13. The first-order valence-electron chi connectivity index (χ1n) is 11.4. The second-order valence-electron chi connectivity index (χ2n) is 8.19. The van der Waals surface area contributed by atoms with Gasteiger partial charge in [0.1, 0.15) is 12.1 Å². The molecular formula is C24H28N6O3S. The van der Waals surface area contributed by atoms with Crippen LogP contribution < -0.4 is 15.4 Å². The second-order valence-corrected chi connectivity index (χ2v) is 9.23. The molecule has 9 nitrogen and oxygen atoms in total. The van der Waals surface area contributed by atoms with E-state index in [1.165, 1.54) is 11.8 Å². The Balaban J connectivity index is 1.42. The number of anilines is 3. The van der Waals surface area contributed by atoms with Gasteiger partial charge in [-0.25, -0.2) is 4.98 Å². The summed E-state index contributed by atoms with van der Waals surface area (Å²) in [6.07, 6.45) is 6.10. The minimum atomic E-state index is 0.0871. The smallest absolute Gasteiger partial charge is 0.227 e. The summed E-state index contributed by atoms with van der Waals surface area (Å²) >= 11 is 1.41. The van der Waals surface area contributed by atoms with Gasteiger partial charge in [-0.3, -0.25) is 9.89 Å². The van der Waals surface area contributed by atoms with Gasteiger partial charge in [-0.2, -0.15) is 10.1 Å². The fourth-order valence-electron chi connectivity index (χ4n) is 3.19. The molecule has 0 radical (unpaired) electrons. The number of hydrogen-bond acceptors (Lipinski definition) is 8. The zero-order chi connectivity index (χ0) is 23.8. The molecule has 0 unspecified atom stereocenters. The highest BCUT2D eigenvalue weighted by Gasteiger charge is 2.29. The number of aromatic amines is 1. The Morgan fingerprint density at radius 2 is 1.97 bits per heavy atom. The number of nitrogens with zero attached hydrogens (tertiary/aromatic N) is 3. The molecular weight excluding hydrogens is 452 g/mol. The summed E-state index contributed by atoms with van der Waals surface area (Å²) in [5.41, 5.74) is 1.72. The van der Waals surface area contributed by atoms with Crippen molar-refractivity contribution in [1.82, 2.24) is 20.2 Å².